The molecule has 5 heteroatoms. The zero-order chi connectivity index (χ0) is 25.8. The molecule has 0 N–H and O–H groups in total. The van der Waals surface area contributed by atoms with Gasteiger partial charge in [0.1, 0.15) is 0 Å². The van der Waals surface area contributed by atoms with Gasteiger partial charge in [0, 0.05) is 30.1 Å². The SMILES string of the molecule is O=C(c1ccccc1)N1CC=CCN([C@H]2C[C@H](OCc3ccccc3)[C@]3(COCc4ccccc4)C[C@H]23)C1. The summed E-state index contributed by atoms with van der Waals surface area (Å²) in [7, 11) is 0. The Balaban J connectivity index is 1.16. The number of nitrogens with zero attached hydrogens (tertiary/aromatic N) is 2. The van der Waals surface area contributed by atoms with Crippen molar-refractivity contribution in [3.63, 3.8) is 0 Å². The fourth-order valence-corrected chi connectivity index (χ4v) is 6.36. The lowest BCUT2D eigenvalue weighted by molar-refractivity contribution is -0.0412. The number of hydrogen-bond donors (Lipinski definition) is 0. The van der Waals surface area contributed by atoms with Gasteiger partial charge in [0.25, 0.3) is 5.91 Å². The maximum Gasteiger partial charge on any atom is 0.255 e. The second-order valence-electron chi connectivity index (χ2n) is 10.9. The zero-order valence-electron chi connectivity index (χ0n) is 21.8. The van der Waals surface area contributed by atoms with Gasteiger partial charge < -0.3 is 14.4 Å². The molecule has 3 aromatic rings. The minimum atomic E-state index is 0.0402. The third kappa shape index (κ3) is 5.32. The Labute approximate surface area is 225 Å². The molecule has 0 aromatic heterocycles. The summed E-state index contributed by atoms with van der Waals surface area (Å²) in [6.07, 6.45) is 6.56. The van der Waals surface area contributed by atoms with Crippen LogP contribution in [0.25, 0.3) is 0 Å². The lowest BCUT2D eigenvalue weighted by atomic mass is 10.0. The standard InChI is InChI=1S/C33H36N2O3/c36-32(28-16-8-3-9-17-28)35-19-11-10-18-34(25-35)30-20-31(38-23-27-14-6-2-7-15-27)33(21-29(30)33)24-37-22-26-12-4-1-5-13-26/h1-17,29-31H,18-25H2/t29-,30+,31+,33+/m1/s1. The van der Waals surface area contributed by atoms with Gasteiger partial charge in [-0.15, -0.1) is 0 Å². The Morgan fingerprint density at radius 3 is 2.16 bits per heavy atom. The number of carbonyl (C=O) groups is 1. The molecule has 4 atom stereocenters. The molecule has 1 aliphatic heterocycles. The van der Waals surface area contributed by atoms with Gasteiger partial charge in [-0.25, -0.2) is 0 Å². The Hall–Kier alpha value is -3.25. The van der Waals surface area contributed by atoms with Crippen molar-refractivity contribution < 1.29 is 14.3 Å². The van der Waals surface area contributed by atoms with Crippen LogP contribution in [-0.4, -0.2) is 54.2 Å². The molecule has 38 heavy (non-hydrogen) atoms. The number of benzene rings is 3. The second-order valence-corrected chi connectivity index (χ2v) is 10.9. The molecule has 2 fully saturated rings. The summed E-state index contributed by atoms with van der Waals surface area (Å²) < 4.78 is 13.0. The molecule has 2 aliphatic carbocycles. The molecular formula is C33H36N2O3. The van der Waals surface area contributed by atoms with Gasteiger partial charge in [-0.05, 0) is 42.0 Å². The summed E-state index contributed by atoms with van der Waals surface area (Å²) in [4.78, 5) is 17.7. The predicted molar refractivity (Wildman–Crippen MR) is 148 cm³/mol. The molecule has 5 nitrogen and oxygen atoms in total. The van der Waals surface area contributed by atoms with Crippen LogP contribution in [-0.2, 0) is 22.7 Å². The second kappa shape index (κ2) is 11.2. The van der Waals surface area contributed by atoms with Crippen molar-refractivity contribution in [1.29, 1.82) is 0 Å². The maximum absolute atomic E-state index is 13.3. The van der Waals surface area contributed by atoms with E-state index in [1.165, 1.54) is 11.1 Å². The third-order valence-corrected chi connectivity index (χ3v) is 8.48. The predicted octanol–water partition coefficient (Wildman–Crippen LogP) is 5.54. The first kappa shape index (κ1) is 25.1. The van der Waals surface area contributed by atoms with Crippen molar-refractivity contribution in [2.75, 3.05) is 26.4 Å². The van der Waals surface area contributed by atoms with E-state index in [1.54, 1.807) is 0 Å². The minimum absolute atomic E-state index is 0.0402. The lowest BCUT2D eigenvalue weighted by Gasteiger charge is -2.33. The fourth-order valence-electron chi connectivity index (χ4n) is 6.36. The molecule has 3 aromatic carbocycles. The third-order valence-electron chi connectivity index (χ3n) is 8.48. The highest BCUT2D eigenvalue weighted by atomic mass is 16.5. The molecule has 0 saturated heterocycles. The summed E-state index contributed by atoms with van der Waals surface area (Å²) in [5, 5.41) is 0. The van der Waals surface area contributed by atoms with E-state index < -0.39 is 0 Å². The van der Waals surface area contributed by atoms with Gasteiger partial charge in [-0.3, -0.25) is 9.69 Å². The number of amides is 1. The van der Waals surface area contributed by atoms with E-state index >= 15 is 0 Å². The Morgan fingerprint density at radius 2 is 1.45 bits per heavy atom. The summed E-state index contributed by atoms with van der Waals surface area (Å²) in [6, 6.07) is 30.8. The number of carbonyl (C=O) groups excluding carboxylic acids is 1. The quantitative estimate of drug-likeness (QED) is 0.356. The topological polar surface area (TPSA) is 42.0 Å². The number of ether oxygens (including phenoxy) is 2. The molecule has 0 spiro atoms. The Morgan fingerprint density at radius 1 is 0.816 bits per heavy atom. The molecule has 0 radical (unpaired) electrons. The number of rotatable bonds is 9. The van der Waals surface area contributed by atoms with Crippen molar-refractivity contribution in [2.24, 2.45) is 11.3 Å². The van der Waals surface area contributed by atoms with Gasteiger partial charge in [0.2, 0.25) is 0 Å². The number of fused-ring (bicyclic) bond motifs is 1. The molecule has 6 rings (SSSR count). The van der Waals surface area contributed by atoms with Crippen LogP contribution in [0, 0.1) is 11.3 Å². The van der Waals surface area contributed by atoms with Crippen molar-refractivity contribution in [1.82, 2.24) is 9.80 Å². The largest absolute Gasteiger partial charge is 0.376 e. The van der Waals surface area contributed by atoms with E-state index in [4.69, 9.17) is 9.47 Å². The maximum atomic E-state index is 13.3. The smallest absolute Gasteiger partial charge is 0.255 e. The highest BCUT2D eigenvalue weighted by Crippen LogP contribution is 2.65. The first-order valence-electron chi connectivity index (χ1n) is 13.7. The average Bonchev–Trinajstić information content (AvgIpc) is 3.68. The van der Waals surface area contributed by atoms with Crippen LogP contribution in [0.3, 0.4) is 0 Å². The normalized spacial score (nSPS) is 26.6. The van der Waals surface area contributed by atoms with Crippen molar-refractivity contribution in [3.8, 4) is 0 Å². The van der Waals surface area contributed by atoms with E-state index in [1.807, 2.05) is 47.4 Å². The summed E-state index contributed by atoms with van der Waals surface area (Å²) >= 11 is 0. The molecule has 2 saturated carbocycles. The summed E-state index contributed by atoms with van der Waals surface area (Å²) in [5.41, 5.74) is 3.18. The van der Waals surface area contributed by atoms with Gasteiger partial charge in [0.05, 0.1) is 32.6 Å². The van der Waals surface area contributed by atoms with E-state index in [0.29, 0.717) is 45.0 Å². The van der Waals surface area contributed by atoms with Gasteiger partial charge >= 0.3 is 0 Å². The van der Waals surface area contributed by atoms with Gasteiger partial charge in [-0.2, -0.15) is 0 Å². The molecule has 3 aliphatic rings. The Kier molecular flexibility index (Phi) is 7.41. The van der Waals surface area contributed by atoms with Crippen LogP contribution in [0.1, 0.15) is 34.3 Å². The van der Waals surface area contributed by atoms with E-state index in [2.05, 4.69) is 65.6 Å². The minimum Gasteiger partial charge on any atom is -0.376 e. The highest BCUT2D eigenvalue weighted by Gasteiger charge is 2.68. The highest BCUT2D eigenvalue weighted by molar-refractivity contribution is 5.94. The van der Waals surface area contributed by atoms with Crippen LogP contribution >= 0.6 is 0 Å². The molecular weight excluding hydrogens is 472 g/mol. The van der Waals surface area contributed by atoms with Crippen molar-refractivity contribution >= 4 is 5.91 Å². The lowest BCUT2D eigenvalue weighted by Crippen LogP contribution is -2.45. The van der Waals surface area contributed by atoms with Crippen LogP contribution < -0.4 is 0 Å². The van der Waals surface area contributed by atoms with E-state index in [0.717, 1.165) is 24.9 Å². The van der Waals surface area contributed by atoms with Crippen LogP contribution in [0.15, 0.2) is 103 Å². The fraction of sp³-hybridized carbons (Fsp3) is 0.364. The summed E-state index contributed by atoms with van der Waals surface area (Å²) in [6.45, 7) is 4.07. The van der Waals surface area contributed by atoms with Gasteiger partial charge in [0.15, 0.2) is 0 Å². The van der Waals surface area contributed by atoms with Crippen LogP contribution in [0.2, 0.25) is 0 Å². The molecule has 0 unspecified atom stereocenters. The van der Waals surface area contributed by atoms with Gasteiger partial charge in [-0.1, -0.05) is 91.0 Å². The first-order chi connectivity index (χ1) is 18.7. The first-order valence-corrected chi connectivity index (χ1v) is 13.7. The zero-order valence-corrected chi connectivity index (χ0v) is 21.8. The summed E-state index contributed by atoms with van der Waals surface area (Å²) in [5.74, 6) is 0.601. The monoisotopic (exact) mass is 508 g/mol. The molecule has 0 bridgehead atoms. The van der Waals surface area contributed by atoms with Crippen LogP contribution in [0.5, 0.6) is 0 Å². The Bertz CT molecular complexity index is 1230. The molecule has 196 valence electrons. The average molecular weight is 509 g/mol. The van der Waals surface area contributed by atoms with Crippen molar-refractivity contribution in [2.45, 2.75) is 38.2 Å². The molecule has 1 heterocycles. The number of hydrogen-bond acceptors (Lipinski definition) is 4. The van der Waals surface area contributed by atoms with Crippen LogP contribution in [0.4, 0.5) is 0 Å². The van der Waals surface area contributed by atoms with Crippen molar-refractivity contribution in [3.05, 3.63) is 120 Å². The van der Waals surface area contributed by atoms with E-state index in [9.17, 15) is 4.79 Å². The van der Waals surface area contributed by atoms with E-state index in [-0.39, 0.29) is 17.4 Å². The molecule has 1 amide bonds.